The molecule has 1 heterocycles. The molecule has 3 rings (SSSR count). The molecular formula is C16H24N2. The van der Waals surface area contributed by atoms with E-state index in [1.165, 1.54) is 43.5 Å². The SMILES string of the molecule is Cc1ccc(C)c2c1CCCC2N1CCNCC1. The highest BCUT2D eigenvalue weighted by Gasteiger charge is 2.28. The number of piperazine rings is 1. The molecular weight excluding hydrogens is 220 g/mol. The minimum atomic E-state index is 0.677. The van der Waals surface area contributed by atoms with Crippen molar-refractivity contribution < 1.29 is 0 Å². The van der Waals surface area contributed by atoms with Crippen LogP contribution in [0.15, 0.2) is 12.1 Å². The lowest BCUT2D eigenvalue weighted by atomic mass is 9.81. The van der Waals surface area contributed by atoms with Gasteiger partial charge in [0, 0.05) is 32.2 Å². The van der Waals surface area contributed by atoms with Crippen molar-refractivity contribution in [3.05, 3.63) is 34.4 Å². The molecule has 1 saturated heterocycles. The smallest absolute Gasteiger partial charge is 0.0354 e. The maximum atomic E-state index is 3.46. The minimum absolute atomic E-state index is 0.677. The summed E-state index contributed by atoms with van der Waals surface area (Å²) in [7, 11) is 0. The molecule has 1 fully saturated rings. The maximum absolute atomic E-state index is 3.46. The third-order valence-electron chi connectivity index (χ3n) is 4.64. The summed E-state index contributed by atoms with van der Waals surface area (Å²) in [6.45, 7) is 9.28. The third-order valence-corrected chi connectivity index (χ3v) is 4.64. The highest BCUT2D eigenvalue weighted by atomic mass is 15.2. The minimum Gasteiger partial charge on any atom is -0.314 e. The molecule has 2 aliphatic rings. The van der Waals surface area contributed by atoms with E-state index in [4.69, 9.17) is 0 Å². The van der Waals surface area contributed by atoms with Gasteiger partial charge >= 0.3 is 0 Å². The number of rotatable bonds is 1. The fourth-order valence-corrected chi connectivity index (χ4v) is 3.66. The van der Waals surface area contributed by atoms with E-state index in [2.05, 4.69) is 36.2 Å². The van der Waals surface area contributed by atoms with E-state index in [1.54, 1.807) is 11.1 Å². The molecule has 1 unspecified atom stereocenters. The van der Waals surface area contributed by atoms with Gasteiger partial charge in [-0.05, 0) is 55.4 Å². The molecule has 18 heavy (non-hydrogen) atoms. The van der Waals surface area contributed by atoms with Gasteiger partial charge in [-0.1, -0.05) is 12.1 Å². The lowest BCUT2D eigenvalue weighted by molar-refractivity contribution is 0.157. The molecule has 1 aromatic carbocycles. The van der Waals surface area contributed by atoms with E-state index in [0.29, 0.717) is 6.04 Å². The number of hydrogen-bond donors (Lipinski definition) is 1. The van der Waals surface area contributed by atoms with Gasteiger partial charge < -0.3 is 5.32 Å². The van der Waals surface area contributed by atoms with Crippen molar-refractivity contribution in [2.75, 3.05) is 26.2 Å². The summed E-state index contributed by atoms with van der Waals surface area (Å²) in [5.74, 6) is 0. The van der Waals surface area contributed by atoms with E-state index in [-0.39, 0.29) is 0 Å². The second-order valence-corrected chi connectivity index (χ2v) is 5.79. The van der Waals surface area contributed by atoms with E-state index < -0.39 is 0 Å². The molecule has 2 nitrogen and oxygen atoms in total. The summed E-state index contributed by atoms with van der Waals surface area (Å²) in [6, 6.07) is 5.29. The van der Waals surface area contributed by atoms with Crippen LogP contribution in [0.1, 0.15) is 41.1 Å². The lowest BCUT2D eigenvalue weighted by Crippen LogP contribution is -2.46. The van der Waals surface area contributed by atoms with Crippen LogP contribution >= 0.6 is 0 Å². The third kappa shape index (κ3) is 2.08. The first kappa shape index (κ1) is 12.2. The molecule has 1 aliphatic heterocycles. The summed E-state index contributed by atoms with van der Waals surface area (Å²) < 4.78 is 0. The number of aryl methyl sites for hydroxylation is 2. The molecule has 0 radical (unpaired) electrons. The average molecular weight is 244 g/mol. The standard InChI is InChI=1S/C16H24N2/c1-12-6-7-13(2)16-14(12)4-3-5-15(16)18-10-8-17-9-11-18/h6-7,15,17H,3-5,8-11H2,1-2H3. The zero-order valence-corrected chi connectivity index (χ0v) is 11.6. The largest absolute Gasteiger partial charge is 0.314 e. The van der Waals surface area contributed by atoms with Gasteiger partial charge in [0.2, 0.25) is 0 Å². The van der Waals surface area contributed by atoms with Crippen molar-refractivity contribution in [3.63, 3.8) is 0 Å². The fraction of sp³-hybridized carbons (Fsp3) is 0.625. The van der Waals surface area contributed by atoms with Crippen LogP contribution in [-0.4, -0.2) is 31.1 Å². The molecule has 1 aliphatic carbocycles. The van der Waals surface area contributed by atoms with Gasteiger partial charge in [0.05, 0.1) is 0 Å². The molecule has 0 amide bonds. The first-order chi connectivity index (χ1) is 8.77. The van der Waals surface area contributed by atoms with Crippen LogP contribution in [0.2, 0.25) is 0 Å². The van der Waals surface area contributed by atoms with E-state index in [9.17, 15) is 0 Å². The second-order valence-electron chi connectivity index (χ2n) is 5.79. The fourth-order valence-electron chi connectivity index (χ4n) is 3.66. The van der Waals surface area contributed by atoms with Crippen molar-refractivity contribution in [3.8, 4) is 0 Å². The summed E-state index contributed by atoms with van der Waals surface area (Å²) >= 11 is 0. The Morgan fingerprint density at radius 3 is 2.61 bits per heavy atom. The highest BCUT2D eigenvalue weighted by Crippen LogP contribution is 2.37. The van der Waals surface area contributed by atoms with Crippen molar-refractivity contribution in [2.24, 2.45) is 0 Å². The molecule has 0 spiro atoms. The Balaban J connectivity index is 1.97. The number of fused-ring (bicyclic) bond motifs is 1. The monoisotopic (exact) mass is 244 g/mol. The zero-order chi connectivity index (χ0) is 12.5. The number of benzene rings is 1. The van der Waals surface area contributed by atoms with Crippen molar-refractivity contribution in [2.45, 2.75) is 39.2 Å². The van der Waals surface area contributed by atoms with Crippen LogP contribution in [0.3, 0.4) is 0 Å². The van der Waals surface area contributed by atoms with Gasteiger partial charge in [-0.2, -0.15) is 0 Å². The Labute approximate surface area is 110 Å². The van der Waals surface area contributed by atoms with Crippen LogP contribution in [0.25, 0.3) is 0 Å². The summed E-state index contributed by atoms with van der Waals surface area (Å²) in [5, 5.41) is 3.46. The molecule has 0 aromatic heterocycles. The molecule has 98 valence electrons. The first-order valence-electron chi connectivity index (χ1n) is 7.31. The molecule has 1 aromatic rings. The second kappa shape index (κ2) is 5.02. The van der Waals surface area contributed by atoms with E-state index in [1.807, 2.05) is 0 Å². The zero-order valence-electron chi connectivity index (χ0n) is 11.6. The van der Waals surface area contributed by atoms with Crippen LogP contribution < -0.4 is 5.32 Å². The van der Waals surface area contributed by atoms with Crippen LogP contribution in [0, 0.1) is 13.8 Å². The van der Waals surface area contributed by atoms with Crippen LogP contribution in [-0.2, 0) is 6.42 Å². The average Bonchev–Trinajstić information content (AvgIpc) is 2.43. The van der Waals surface area contributed by atoms with Crippen LogP contribution in [0.5, 0.6) is 0 Å². The Morgan fingerprint density at radius 1 is 1.11 bits per heavy atom. The Hall–Kier alpha value is -0.860. The van der Waals surface area contributed by atoms with Crippen LogP contribution in [0.4, 0.5) is 0 Å². The van der Waals surface area contributed by atoms with Gasteiger partial charge in [0.25, 0.3) is 0 Å². The van der Waals surface area contributed by atoms with Crippen molar-refractivity contribution in [1.82, 2.24) is 10.2 Å². The predicted octanol–water partition coefficient (Wildman–Crippen LogP) is 2.59. The molecule has 2 heteroatoms. The quantitative estimate of drug-likeness (QED) is 0.817. The van der Waals surface area contributed by atoms with Crippen molar-refractivity contribution >= 4 is 0 Å². The van der Waals surface area contributed by atoms with E-state index >= 15 is 0 Å². The molecule has 1 atom stereocenters. The molecule has 1 N–H and O–H groups in total. The summed E-state index contributed by atoms with van der Waals surface area (Å²) in [4.78, 5) is 2.70. The van der Waals surface area contributed by atoms with Gasteiger partial charge in [-0.25, -0.2) is 0 Å². The van der Waals surface area contributed by atoms with Gasteiger partial charge in [0.1, 0.15) is 0 Å². The van der Waals surface area contributed by atoms with Gasteiger partial charge in [-0.3, -0.25) is 4.90 Å². The first-order valence-corrected chi connectivity index (χ1v) is 7.31. The van der Waals surface area contributed by atoms with Crippen molar-refractivity contribution in [1.29, 1.82) is 0 Å². The van der Waals surface area contributed by atoms with E-state index in [0.717, 1.165) is 13.1 Å². The molecule has 0 saturated carbocycles. The Kier molecular flexibility index (Phi) is 3.40. The predicted molar refractivity (Wildman–Crippen MR) is 76.0 cm³/mol. The Bertz CT molecular complexity index is 433. The topological polar surface area (TPSA) is 15.3 Å². The van der Waals surface area contributed by atoms with Gasteiger partial charge in [-0.15, -0.1) is 0 Å². The molecule has 0 bridgehead atoms. The lowest BCUT2D eigenvalue weighted by Gasteiger charge is -2.39. The number of nitrogens with one attached hydrogen (secondary N) is 1. The highest BCUT2D eigenvalue weighted by molar-refractivity contribution is 5.43. The number of hydrogen-bond acceptors (Lipinski definition) is 2. The Morgan fingerprint density at radius 2 is 1.83 bits per heavy atom. The number of nitrogens with zero attached hydrogens (tertiary/aromatic N) is 1. The summed E-state index contributed by atoms with van der Waals surface area (Å²) in [6.07, 6.45) is 3.98. The normalized spacial score (nSPS) is 24.9. The maximum Gasteiger partial charge on any atom is 0.0354 e. The summed E-state index contributed by atoms with van der Waals surface area (Å²) in [5.41, 5.74) is 6.29. The van der Waals surface area contributed by atoms with Gasteiger partial charge in [0.15, 0.2) is 0 Å².